The van der Waals surface area contributed by atoms with Crippen LogP contribution in [0, 0.1) is 12.8 Å². The number of para-hydroxylation sites is 1. The van der Waals surface area contributed by atoms with Crippen molar-refractivity contribution in [2.24, 2.45) is 15.9 Å². The van der Waals surface area contributed by atoms with E-state index in [1.165, 1.54) is 4.68 Å². The molecule has 10 heteroatoms. The lowest BCUT2D eigenvalue weighted by molar-refractivity contribution is -0.136. The Morgan fingerprint density at radius 3 is 2.84 bits per heavy atom. The quantitative estimate of drug-likeness (QED) is 0.687. The number of amides is 3. The highest BCUT2D eigenvalue weighted by Gasteiger charge is 2.33. The van der Waals surface area contributed by atoms with Gasteiger partial charge in [0.1, 0.15) is 11.6 Å². The molecule has 1 unspecified atom stereocenters. The van der Waals surface area contributed by atoms with Gasteiger partial charge in [0, 0.05) is 18.3 Å². The molecule has 4 rings (SSSR count). The molecule has 1 atom stereocenters. The number of aliphatic imine (C=N–C) groups is 2. The average Bonchev–Trinajstić information content (AvgIpc) is 3.40. The van der Waals surface area contributed by atoms with Crippen molar-refractivity contribution in [2.45, 2.75) is 32.6 Å². The third kappa shape index (κ3) is 4.43. The van der Waals surface area contributed by atoms with Crippen molar-refractivity contribution in [3.63, 3.8) is 0 Å². The van der Waals surface area contributed by atoms with E-state index in [-0.39, 0.29) is 30.1 Å². The first-order valence-corrected chi connectivity index (χ1v) is 10.4. The molecular weight excluding hydrogens is 412 g/mol. The monoisotopic (exact) mass is 436 g/mol. The number of methoxy groups -OCH3 is 1. The molecule has 2 aliphatic rings. The first kappa shape index (κ1) is 21.4. The zero-order valence-corrected chi connectivity index (χ0v) is 17.9. The van der Waals surface area contributed by atoms with E-state index in [9.17, 15) is 14.4 Å². The number of carbonyl (C=O) groups excluding carboxylic acids is 3. The van der Waals surface area contributed by atoms with Crippen LogP contribution in [0.3, 0.4) is 0 Å². The van der Waals surface area contributed by atoms with Gasteiger partial charge in [-0.1, -0.05) is 18.2 Å². The van der Waals surface area contributed by atoms with Crippen molar-refractivity contribution in [2.75, 3.05) is 19.0 Å². The average molecular weight is 436 g/mol. The van der Waals surface area contributed by atoms with Gasteiger partial charge in [0.15, 0.2) is 0 Å². The summed E-state index contributed by atoms with van der Waals surface area (Å²) in [6.45, 7) is 2.00. The number of nitrogens with zero attached hydrogens (tertiary/aromatic N) is 4. The second kappa shape index (κ2) is 9.13. The highest BCUT2D eigenvalue weighted by molar-refractivity contribution is 6.39. The van der Waals surface area contributed by atoms with E-state index in [2.05, 4.69) is 25.7 Å². The van der Waals surface area contributed by atoms with Gasteiger partial charge in [-0.25, -0.2) is 4.99 Å². The lowest BCUT2D eigenvalue weighted by Gasteiger charge is -2.15. The minimum Gasteiger partial charge on any atom is -0.496 e. The van der Waals surface area contributed by atoms with Crippen LogP contribution in [0.15, 0.2) is 40.3 Å². The highest BCUT2D eigenvalue weighted by Crippen LogP contribution is 2.27. The van der Waals surface area contributed by atoms with E-state index in [0.717, 1.165) is 36.3 Å². The Balaban J connectivity index is 1.41. The molecule has 2 aromatic rings. The number of hydrogen-bond donors (Lipinski definition) is 2. The van der Waals surface area contributed by atoms with Crippen LogP contribution in [0.25, 0.3) is 0 Å². The van der Waals surface area contributed by atoms with E-state index in [4.69, 9.17) is 4.74 Å². The molecule has 1 saturated carbocycles. The summed E-state index contributed by atoms with van der Waals surface area (Å²) >= 11 is 0. The molecule has 10 nitrogen and oxygen atoms in total. The Labute approximate surface area is 184 Å². The standard InChI is InChI=1S/C22H24N6O4/c1-13-12-18(28(27-13)22-24-16-8-5-7-15(16)19(29)26-22)25-21(31)20(30)23-11-10-14-6-3-4-9-17(14)32-2/h3-4,6,9,12,15H,5,7-8,10-11H2,1-2H3,(H,23,30)(H,25,31). The zero-order chi connectivity index (χ0) is 22.7. The van der Waals surface area contributed by atoms with E-state index < -0.39 is 11.8 Å². The molecule has 1 aliphatic carbocycles. The Morgan fingerprint density at radius 2 is 2.03 bits per heavy atom. The van der Waals surface area contributed by atoms with Gasteiger partial charge in [-0.05, 0) is 44.2 Å². The Bertz CT molecular complexity index is 1130. The second-order valence-electron chi connectivity index (χ2n) is 7.65. The van der Waals surface area contributed by atoms with Crippen molar-refractivity contribution < 1.29 is 19.1 Å². The van der Waals surface area contributed by atoms with Crippen LogP contribution in [0.2, 0.25) is 0 Å². The highest BCUT2D eigenvalue weighted by atomic mass is 16.5. The molecule has 32 heavy (non-hydrogen) atoms. The maximum atomic E-state index is 12.4. The second-order valence-corrected chi connectivity index (χ2v) is 7.65. The van der Waals surface area contributed by atoms with Crippen LogP contribution in [0.5, 0.6) is 5.75 Å². The Hall–Kier alpha value is -3.82. The smallest absolute Gasteiger partial charge is 0.314 e. The molecule has 166 valence electrons. The van der Waals surface area contributed by atoms with Gasteiger partial charge in [-0.2, -0.15) is 14.8 Å². The number of aryl methyl sites for hydroxylation is 1. The summed E-state index contributed by atoms with van der Waals surface area (Å²) in [6.07, 6.45) is 2.91. The van der Waals surface area contributed by atoms with Crippen LogP contribution in [0.1, 0.15) is 30.5 Å². The Kier molecular flexibility index (Phi) is 6.11. The van der Waals surface area contributed by atoms with Crippen molar-refractivity contribution in [1.82, 2.24) is 15.1 Å². The topological polar surface area (TPSA) is 127 Å². The molecule has 2 N–H and O–H groups in total. The summed E-state index contributed by atoms with van der Waals surface area (Å²) < 4.78 is 6.58. The molecule has 1 aliphatic heterocycles. The van der Waals surface area contributed by atoms with Gasteiger partial charge in [-0.3, -0.25) is 14.4 Å². The summed E-state index contributed by atoms with van der Waals surface area (Å²) in [5.74, 6) is -1.08. The third-order valence-electron chi connectivity index (χ3n) is 5.42. The molecule has 3 amide bonds. The normalized spacial score (nSPS) is 17.3. The first-order valence-electron chi connectivity index (χ1n) is 10.4. The zero-order valence-electron chi connectivity index (χ0n) is 17.9. The molecule has 0 saturated heterocycles. The van der Waals surface area contributed by atoms with Gasteiger partial charge < -0.3 is 15.4 Å². The maximum absolute atomic E-state index is 12.4. The molecule has 0 spiro atoms. The summed E-state index contributed by atoms with van der Waals surface area (Å²) in [6, 6.07) is 9.07. The fourth-order valence-electron chi connectivity index (χ4n) is 3.87. The van der Waals surface area contributed by atoms with E-state index >= 15 is 0 Å². The van der Waals surface area contributed by atoms with Crippen LogP contribution < -0.4 is 15.4 Å². The molecule has 0 radical (unpaired) electrons. The Morgan fingerprint density at radius 1 is 1.22 bits per heavy atom. The third-order valence-corrected chi connectivity index (χ3v) is 5.42. The van der Waals surface area contributed by atoms with E-state index in [1.807, 2.05) is 24.3 Å². The van der Waals surface area contributed by atoms with Gasteiger partial charge in [0.2, 0.25) is 0 Å². The minimum absolute atomic E-state index is 0.100. The van der Waals surface area contributed by atoms with Crippen LogP contribution in [-0.4, -0.2) is 52.8 Å². The molecule has 1 aromatic heterocycles. The van der Waals surface area contributed by atoms with Crippen LogP contribution >= 0.6 is 0 Å². The lowest BCUT2D eigenvalue weighted by Crippen LogP contribution is -2.37. The molecule has 0 bridgehead atoms. The SMILES string of the molecule is COc1ccccc1CCNC(=O)C(=O)Nc1cc(C)nn1C1=NC(=O)C2CCCC2=N1. The summed E-state index contributed by atoms with van der Waals surface area (Å²) in [4.78, 5) is 45.6. The number of rotatable bonds is 5. The van der Waals surface area contributed by atoms with Crippen LogP contribution in [0.4, 0.5) is 5.82 Å². The molecule has 2 heterocycles. The van der Waals surface area contributed by atoms with Crippen molar-refractivity contribution in [3.05, 3.63) is 41.6 Å². The first-order chi connectivity index (χ1) is 15.5. The maximum Gasteiger partial charge on any atom is 0.314 e. The predicted octanol–water partition coefficient (Wildman–Crippen LogP) is 1.48. The van der Waals surface area contributed by atoms with Gasteiger partial charge >= 0.3 is 11.8 Å². The number of hydrogen-bond acceptors (Lipinski definition) is 6. The van der Waals surface area contributed by atoms with Gasteiger partial charge in [0.05, 0.1) is 18.7 Å². The molecular formula is C22H24N6O4. The number of aromatic nitrogens is 2. The fourth-order valence-corrected chi connectivity index (χ4v) is 3.87. The number of benzene rings is 1. The number of nitrogens with one attached hydrogen (secondary N) is 2. The van der Waals surface area contributed by atoms with E-state index in [0.29, 0.717) is 12.1 Å². The number of carbonyl (C=O) groups is 3. The summed E-state index contributed by atoms with van der Waals surface area (Å²) in [7, 11) is 1.58. The molecule has 1 fully saturated rings. The summed E-state index contributed by atoms with van der Waals surface area (Å²) in [5.41, 5.74) is 2.30. The largest absolute Gasteiger partial charge is 0.496 e. The number of anilines is 1. The lowest BCUT2D eigenvalue weighted by atomic mass is 10.1. The van der Waals surface area contributed by atoms with Crippen LogP contribution in [-0.2, 0) is 20.8 Å². The number of ether oxygens (including phenoxy) is 1. The van der Waals surface area contributed by atoms with Gasteiger partial charge in [0.25, 0.3) is 11.9 Å². The molecule has 1 aromatic carbocycles. The minimum atomic E-state index is -0.847. The number of fused-ring (bicyclic) bond motifs is 1. The summed E-state index contributed by atoms with van der Waals surface area (Å²) in [5, 5.41) is 9.42. The van der Waals surface area contributed by atoms with Crippen molar-refractivity contribution >= 4 is 35.2 Å². The van der Waals surface area contributed by atoms with Crippen molar-refractivity contribution in [3.8, 4) is 5.75 Å². The van der Waals surface area contributed by atoms with Crippen molar-refractivity contribution in [1.29, 1.82) is 0 Å². The van der Waals surface area contributed by atoms with E-state index in [1.54, 1.807) is 20.1 Å². The van der Waals surface area contributed by atoms with Gasteiger partial charge in [-0.15, -0.1) is 0 Å². The fraction of sp³-hybridized carbons (Fsp3) is 0.364. The predicted molar refractivity (Wildman–Crippen MR) is 118 cm³/mol.